The second-order valence-electron chi connectivity index (χ2n) is 7.03. The van der Waals surface area contributed by atoms with Crippen LogP contribution in [0.1, 0.15) is 45.7 Å². The van der Waals surface area contributed by atoms with Crippen LogP contribution in [-0.4, -0.2) is 20.7 Å². The van der Waals surface area contributed by atoms with Crippen LogP contribution >= 0.6 is 0 Å². The lowest BCUT2D eigenvalue weighted by molar-refractivity contribution is -0.142. The quantitative estimate of drug-likeness (QED) is 0.703. The molecular formula is C21H19F3N4O. The molecular weight excluding hydrogens is 381 g/mol. The number of alkyl halides is 3. The van der Waals surface area contributed by atoms with Gasteiger partial charge in [-0.05, 0) is 55.5 Å². The van der Waals surface area contributed by atoms with E-state index in [9.17, 15) is 18.0 Å². The number of pyridine rings is 1. The van der Waals surface area contributed by atoms with E-state index in [-0.39, 0.29) is 12.5 Å². The fourth-order valence-corrected chi connectivity index (χ4v) is 3.65. The van der Waals surface area contributed by atoms with Gasteiger partial charge in [0.25, 0.3) is 5.91 Å². The minimum absolute atomic E-state index is 0.189. The molecule has 0 bridgehead atoms. The number of nitrogens with one attached hydrogen (secondary N) is 1. The van der Waals surface area contributed by atoms with Crippen LogP contribution in [0.15, 0.2) is 48.8 Å². The number of aromatic nitrogens is 3. The van der Waals surface area contributed by atoms with Crippen molar-refractivity contribution in [3.8, 4) is 0 Å². The molecule has 0 fully saturated rings. The van der Waals surface area contributed by atoms with Crippen molar-refractivity contribution in [2.75, 3.05) is 5.32 Å². The zero-order valence-electron chi connectivity index (χ0n) is 15.5. The normalized spacial score (nSPS) is 13.8. The summed E-state index contributed by atoms with van der Waals surface area (Å²) in [5, 5.41) is 6.66. The lowest BCUT2D eigenvalue weighted by atomic mass is 9.95. The number of carbonyl (C=O) groups is 1. The van der Waals surface area contributed by atoms with E-state index in [1.807, 2.05) is 0 Å². The summed E-state index contributed by atoms with van der Waals surface area (Å²) in [4.78, 5) is 16.4. The van der Waals surface area contributed by atoms with Crippen LogP contribution in [0.25, 0.3) is 0 Å². The maximum atomic E-state index is 13.4. The van der Waals surface area contributed by atoms with E-state index in [0.717, 1.165) is 18.4 Å². The molecule has 2 heterocycles. The third-order valence-electron chi connectivity index (χ3n) is 4.99. The van der Waals surface area contributed by atoms with Crippen molar-refractivity contribution in [2.24, 2.45) is 0 Å². The van der Waals surface area contributed by atoms with E-state index in [2.05, 4.69) is 15.4 Å². The Bertz CT molecular complexity index is 1030. The highest BCUT2D eigenvalue weighted by atomic mass is 19.4. The Morgan fingerprint density at radius 3 is 2.62 bits per heavy atom. The maximum Gasteiger partial charge on any atom is 0.435 e. The van der Waals surface area contributed by atoms with Gasteiger partial charge in [-0.1, -0.05) is 12.1 Å². The number of hydrogen-bond acceptors (Lipinski definition) is 3. The molecule has 5 nitrogen and oxygen atoms in total. The fraction of sp³-hybridized carbons (Fsp3) is 0.286. The molecule has 0 spiro atoms. The predicted octanol–water partition coefficient (Wildman–Crippen LogP) is 4.48. The Morgan fingerprint density at radius 1 is 1.10 bits per heavy atom. The van der Waals surface area contributed by atoms with Gasteiger partial charge in [-0.2, -0.15) is 18.3 Å². The van der Waals surface area contributed by atoms with Gasteiger partial charge >= 0.3 is 6.18 Å². The van der Waals surface area contributed by atoms with Gasteiger partial charge in [-0.15, -0.1) is 0 Å². The van der Waals surface area contributed by atoms with Crippen molar-refractivity contribution in [2.45, 2.75) is 38.4 Å². The smallest absolute Gasteiger partial charge is 0.322 e. The Morgan fingerprint density at radius 2 is 1.86 bits per heavy atom. The molecule has 0 unspecified atom stereocenters. The molecule has 8 heteroatoms. The van der Waals surface area contributed by atoms with Crippen molar-refractivity contribution in [3.63, 3.8) is 0 Å². The van der Waals surface area contributed by atoms with Crippen LogP contribution in [0.4, 0.5) is 18.9 Å². The first-order chi connectivity index (χ1) is 13.9. The van der Waals surface area contributed by atoms with Gasteiger partial charge in [0, 0.05) is 34.9 Å². The number of halogens is 3. The highest BCUT2D eigenvalue weighted by Crippen LogP contribution is 2.36. The molecule has 0 saturated heterocycles. The highest BCUT2D eigenvalue weighted by molar-refractivity contribution is 6.04. The Labute approximate surface area is 165 Å². The SMILES string of the molecule is O=C(Nc1ccncc1)c1cccc(Cn2nc(C(F)(F)F)c3c2CCCC3)c1. The van der Waals surface area contributed by atoms with Crippen LogP contribution < -0.4 is 5.32 Å². The molecule has 1 N–H and O–H groups in total. The average Bonchev–Trinajstić information content (AvgIpc) is 3.08. The molecule has 1 aliphatic rings. The van der Waals surface area contributed by atoms with E-state index in [4.69, 9.17) is 0 Å². The van der Waals surface area contributed by atoms with Gasteiger partial charge in [0.05, 0.1) is 6.54 Å². The van der Waals surface area contributed by atoms with Gasteiger partial charge in [0.15, 0.2) is 5.69 Å². The second kappa shape index (κ2) is 7.69. The summed E-state index contributed by atoms with van der Waals surface area (Å²) in [7, 11) is 0. The maximum absolute atomic E-state index is 13.4. The highest BCUT2D eigenvalue weighted by Gasteiger charge is 2.39. The van der Waals surface area contributed by atoms with Crippen molar-refractivity contribution in [1.82, 2.24) is 14.8 Å². The number of carbonyl (C=O) groups excluding carboxylic acids is 1. The predicted molar refractivity (Wildman–Crippen MR) is 102 cm³/mol. The molecule has 0 radical (unpaired) electrons. The van der Waals surface area contributed by atoms with E-state index < -0.39 is 11.9 Å². The van der Waals surface area contributed by atoms with Gasteiger partial charge in [0.1, 0.15) is 0 Å². The van der Waals surface area contributed by atoms with E-state index in [1.54, 1.807) is 48.8 Å². The molecule has 2 aromatic heterocycles. The average molecular weight is 400 g/mol. The van der Waals surface area contributed by atoms with Crippen molar-refractivity contribution >= 4 is 11.6 Å². The van der Waals surface area contributed by atoms with Crippen LogP contribution in [0.2, 0.25) is 0 Å². The molecule has 0 atom stereocenters. The number of nitrogens with zero attached hydrogens (tertiary/aromatic N) is 3. The summed E-state index contributed by atoms with van der Waals surface area (Å²) in [6.07, 6.45) is 1.27. The summed E-state index contributed by atoms with van der Waals surface area (Å²) in [5.41, 5.74) is 1.95. The third-order valence-corrected chi connectivity index (χ3v) is 4.99. The van der Waals surface area contributed by atoms with E-state index in [0.29, 0.717) is 35.3 Å². The minimum atomic E-state index is -4.46. The minimum Gasteiger partial charge on any atom is -0.322 e. The molecule has 150 valence electrons. The first kappa shape index (κ1) is 19.2. The Kier molecular flexibility index (Phi) is 5.08. The summed E-state index contributed by atoms with van der Waals surface area (Å²) in [6.45, 7) is 0.189. The summed E-state index contributed by atoms with van der Waals surface area (Å²) < 4.78 is 41.6. The molecule has 3 aromatic rings. The summed E-state index contributed by atoms with van der Waals surface area (Å²) in [6, 6.07) is 10.2. The lowest BCUT2D eigenvalue weighted by Gasteiger charge is -2.15. The lowest BCUT2D eigenvalue weighted by Crippen LogP contribution is -2.13. The first-order valence-corrected chi connectivity index (χ1v) is 9.38. The molecule has 29 heavy (non-hydrogen) atoms. The van der Waals surface area contributed by atoms with Gasteiger partial charge in [-0.3, -0.25) is 14.5 Å². The van der Waals surface area contributed by atoms with Crippen LogP contribution in [0.5, 0.6) is 0 Å². The van der Waals surface area contributed by atoms with Crippen molar-refractivity contribution in [1.29, 1.82) is 0 Å². The fourth-order valence-electron chi connectivity index (χ4n) is 3.65. The Hall–Kier alpha value is -3.16. The van der Waals surface area contributed by atoms with Crippen molar-refractivity contribution < 1.29 is 18.0 Å². The first-order valence-electron chi connectivity index (χ1n) is 9.38. The number of rotatable bonds is 4. The molecule has 1 aliphatic carbocycles. The van der Waals surface area contributed by atoms with Gasteiger partial charge < -0.3 is 5.32 Å². The third kappa shape index (κ3) is 4.16. The largest absolute Gasteiger partial charge is 0.435 e. The van der Waals surface area contributed by atoms with Gasteiger partial charge in [-0.25, -0.2) is 0 Å². The molecule has 0 aliphatic heterocycles. The van der Waals surface area contributed by atoms with E-state index in [1.165, 1.54) is 4.68 Å². The monoisotopic (exact) mass is 400 g/mol. The number of fused-ring (bicyclic) bond motifs is 1. The number of anilines is 1. The zero-order chi connectivity index (χ0) is 20.4. The second-order valence-corrected chi connectivity index (χ2v) is 7.03. The van der Waals surface area contributed by atoms with E-state index >= 15 is 0 Å². The molecule has 4 rings (SSSR count). The number of benzene rings is 1. The molecule has 1 aromatic carbocycles. The Balaban J connectivity index is 1.59. The zero-order valence-corrected chi connectivity index (χ0v) is 15.5. The van der Waals surface area contributed by atoms with Crippen LogP contribution in [-0.2, 0) is 25.6 Å². The number of hydrogen-bond donors (Lipinski definition) is 1. The number of amides is 1. The molecule has 0 saturated carbocycles. The summed E-state index contributed by atoms with van der Waals surface area (Å²) >= 11 is 0. The van der Waals surface area contributed by atoms with Crippen molar-refractivity contribution in [3.05, 3.63) is 76.9 Å². The standard InChI is InChI=1S/C21H19F3N4O/c22-21(23,24)19-17-6-1-2-7-18(17)28(27-19)13-14-4-3-5-15(12-14)20(29)26-16-8-10-25-11-9-16/h3-5,8-12H,1-2,6-7,13H2,(H,25,26,29). The topological polar surface area (TPSA) is 59.8 Å². The molecule has 1 amide bonds. The summed E-state index contributed by atoms with van der Waals surface area (Å²) in [5.74, 6) is -0.295. The van der Waals surface area contributed by atoms with Crippen LogP contribution in [0.3, 0.4) is 0 Å². The van der Waals surface area contributed by atoms with Gasteiger partial charge in [0.2, 0.25) is 0 Å². The van der Waals surface area contributed by atoms with Crippen LogP contribution in [0, 0.1) is 0 Å².